The second-order valence-electron chi connectivity index (χ2n) is 6.58. The molecule has 4 aromatic rings. The molecular weight excluding hydrogens is 384 g/mol. The highest BCUT2D eigenvalue weighted by Crippen LogP contribution is 2.29. The molecule has 0 radical (unpaired) electrons. The van der Waals surface area contributed by atoms with Gasteiger partial charge in [-0.15, -0.1) is 0 Å². The van der Waals surface area contributed by atoms with Gasteiger partial charge in [0.05, 0.1) is 23.9 Å². The van der Waals surface area contributed by atoms with E-state index in [4.69, 9.17) is 14.1 Å². The molecule has 0 aliphatic rings. The van der Waals surface area contributed by atoms with Gasteiger partial charge in [0.2, 0.25) is 5.95 Å². The van der Waals surface area contributed by atoms with Crippen LogP contribution in [0.2, 0.25) is 0 Å². The molecule has 0 spiro atoms. The van der Waals surface area contributed by atoms with Gasteiger partial charge < -0.3 is 14.0 Å². The van der Waals surface area contributed by atoms with Crippen LogP contribution in [0.15, 0.2) is 52.2 Å². The summed E-state index contributed by atoms with van der Waals surface area (Å²) in [5.74, 6) is 1.90. The van der Waals surface area contributed by atoms with Crippen LogP contribution < -0.4 is 14.9 Å². The molecule has 30 heavy (non-hydrogen) atoms. The Hall–Kier alpha value is -3.88. The van der Waals surface area contributed by atoms with Crippen LogP contribution in [0.4, 0.5) is 5.95 Å². The summed E-state index contributed by atoms with van der Waals surface area (Å²) >= 11 is 0. The van der Waals surface area contributed by atoms with Crippen LogP contribution in [0.1, 0.15) is 23.9 Å². The first kappa shape index (κ1) is 19.4. The normalized spacial score (nSPS) is 11.3. The first-order chi connectivity index (χ1) is 14.7. The van der Waals surface area contributed by atoms with Gasteiger partial charge in [-0.05, 0) is 49.7 Å². The van der Waals surface area contributed by atoms with Gasteiger partial charge in [-0.25, -0.2) is 15.0 Å². The maximum Gasteiger partial charge on any atom is 0.224 e. The van der Waals surface area contributed by atoms with Crippen LogP contribution >= 0.6 is 0 Å². The molecule has 0 aliphatic heterocycles. The third-order valence-corrected chi connectivity index (χ3v) is 4.54. The predicted molar refractivity (Wildman–Crippen MR) is 113 cm³/mol. The van der Waals surface area contributed by atoms with Crippen molar-refractivity contribution in [2.24, 2.45) is 12.1 Å². The largest absolute Gasteiger partial charge is 0.490 e. The average molecular weight is 406 g/mol. The van der Waals surface area contributed by atoms with Gasteiger partial charge >= 0.3 is 0 Å². The van der Waals surface area contributed by atoms with E-state index in [-0.39, 0.29) is 6.61 Å². The van der Waals surface area contributed by atoms with Gasteiger partial charge in [-0.2, -0.15) is 5.10 Å². The van der Waals surface area contributed by atoms with Crippen molar-refractivity contribution in [3.63, 3.8) is 0 Å². The Kier molecular flexibility index (Phi) is 5.60. The highest BCUT2D eigenvalue weighted by Gasteiger charge is 2.10. The number of aromatic nitrogens is 4. The first-order valence-corrected chi connectivity index (χ1v) is 9.54. The van der Waals surface area contributed by atoms with Crippen LogP contribution in [0.25, 0.3) is 11.0 Å². The minimum Gasteiger partial charge on any atom is -0.490 e. The van der Waals surface area contributed by atoms with Crippen molar-refractivity contribution in [1.29, 1.82) is 0 Å². The Morgan fingerprint density at radius 2 is 2.00 bits per heavy atom. The second kappa shape index (κ2) is 8.64. The molecule has 0 aliphatic carbocycles. The zero-order valence-corrected chi connectivity index (χ0v) is 17.0. The van der Waals surface area contributed by atoms with Crippen LogP contribution in [-0.4, -0.2) is 32.7 Å². The number of hydrogen-bond acceptors (Lipinski definition) is 8. The summed E-state index contributed by atoms with van der Waals surface area (Å²) in [5, 5.41) is 11.9. The molecule has 1 N–H and O–H groups in total. The van der Waals surface area contributed by atoms with E-state index in [9.17, 15) is 0 Å². The summed E-state index contributed by atoms with van der Waals surface area (Å²) in [5.41, 5.74) is 7.14. The van der Waals surface area contributed by atoms with Gasteiger partial charge in [0, 0.05) is 7.05 Å². The smallest absolute Gasteiger partial charge is 0.224 e. The Bertz CT molecular complexity index is 1180. The molecule has 2 heterocycles. The van der Waals surface area contributed by atoms with Gasteiger partial charge in [-0.3, -0.25) is 0 Å². The lowest BCUT2D eigenvalue weighted by Gasteiger charge is -2.11. The molecule has 2 aromatic carbocycles. The summed E-state index contributed by atoms with van der Waals surface area (Å²) < 4.78 is 18.2. The molecule has 0 bridgehead atoms. The lowest BCUT2D eigenvalue weighted by Crippen LogP contribution is -2.02. The van der Waals surface area contributed by atoms with Gasteiger partial charge in [0.15, 0.2) is 11.5 Å². The Morgan fingerprint density at radius 3 is 2.77 bits per heavy atom. The average Bonchev–Trinajstić information content (AvgIpc) is 3.31. The van der Waals surface area contributed by atoms with E-state index in [0.29, 0.717) is 35.4 Å². The molecule has 9 heteroatoms. The number of imidazole rings is 1. The Labute approximate surface area is 173 Å². The highest BCUT2D eigenvalue weighted by atomic mass is 16.6. The lowest BCUT2D eigenvalue weighted by molar-refractivity contribution is 0.253. The fourth-order valence-electron chi connectivity index (χ4n) is 2.93. The number of fused-ring (bicyclic) bond motifs is 1. The summed E-state index contributed by atoms with van der Waals surface area (Å²) in [4.78, 5) is 4.54. The third-order valence-electron chi connectivity index (χ3n) is 4.54. The fourth-order valence-corrected chi connectivity index (χ4v) is 2.93. The topological polar surface area (TPSA) is 99.6 Å². The van der Waals surface area contributed by atoms with Gasteiger partial charge in [0.25, 0.3) is 0 Å². The van der Waals surface area contributed by atoms with Crippen molar-refractivity contribution in [2.75, 3.05) is 12.0 Å². The van der Waals surface area contributed by atoms with Crippen molar-refractivity contribution in [1.82, 2.24) is 19.9 Å². The number of nitrogens with one attached hydrogen (secondary N) is 1. The van der Waals surface area contributed by atoms with E-state index in [1.54, 1.807) is 6.21 Å². The number of ether oxygens (including phenoxy) is 2. The molecule has 0 saturated carbocycles. The van der Waals surface area contributed by atoms with Crippen LogP contribution in [0.3, 0.4) is 0 Å². The molecule has 0 saturated heterocycles. The molecule has 4 rings (SSSR count). The monoisotopic (exact) mass is 406 g/mol. The maximum absolute atomic E-state index is 5.83. The van der Waals surface area contributed by atoms with E-state index in [1.807, 2.05) is 67.9 Å². The van der Waals surface area contributed by atoms with Crippen LogP contribution in [0, 0.1) is 6.92 Å². The summed E-state index contributed by atoms with van der Waals surface area (Å²) in [6.07, 6.45) is 1.71. The number of aryl methyl sites for hydroxylation is 2. The van der Waals surface area contributed by atoms with Crippen LogP contribution in [-0.2, 0) is 13.7 Å². The molecule has 9 nitrogen and oxygen atoms in total. The molecule has 0 amide bonds. The fraction of sp³-hybridized carbons (Fsp3) is 0.238. The summed E-state index contributed by atoms with van der Waals surface area (Å²) in [7, 11) is 1.94. The zero-order chi connectivity index (χ0) is 20.9. The van der Waals surface area contributed by atoms with E-state index in [1.165, 1.54) is 0 Å². The van der Waals surface area contributed by atoms with Crippen molar-refractivity contribution in [3.8, 4) is 11.5 Å². The van der Waals surface area contributed by atoms with Gasteiger partial charge in [0.1, 0.15) is 18.0 Å². The summed E-state index contributed by atoms with van der Waals surface area (Å²) in [6, 6.07) is 13.5. The zero-order valence-electron chi connectivity index (χ0n) is 17.0. The van der Waals surface area contributed by atoms with Crippen molar-refractivity contribution < 1.29 is 14.1 Å². The molecule has 0 unspecified atom stereocenters. The number of rotatable bonds is 8. The number of anilines is 1. The van der Waals surface area contributed by atoms with Crippen molar-refractivity contribution >= 4 is 23.2 Å². The lowest BCUT2D eigenvalue weighted by atomic mass is 10.2. The molecule has 2 aromatic heterocycles. The predicted octanol–water partition coefficient (Wildman–Crippen LogP) is 3.69. The number of hydrazone groups is 1. The standard InChI is InChI=1S/C21H22N6O3/c1-4-28-20-11-15(9-10-19(20)29-13-17-14(2)25-30-26-17)12-22-24-21-23-16-7-5-6-8-18(16)27(21)3/h5-12H,4,13H2,1-3H3,(H,23,24)/b22-12+. The minimum atomic E-state index is 0.247. The first-order valence-electron chi connectivity index (χ1n) is 9.54. The molecule has 0 atom stereocenters. The van der Waals surface area contributed by atoms with Crippen molar-refractivity contribution in [2.45, 2.75) is 20.5 Å². The quantitative estimate of drug-likeness (QED) is 0.352. The third kappa shape index (κ3) is 4.09. The van der Waals surface area contributed by atoms with E-state index < -0.39 is 0 Å². The van der Waals surface area contributed by atoms with E-state index in [2.05, 4.69) is 25.8 Å². The van der Waals surface area contributed by atoms with Crippen LogP contribution in [0.5, 0.6) is 11.5 Å². The molecule has 154 valence electrons. The van der Waals surface area contributed by atoms with Crippen molar-refractivity contribution in [3.05, 3.63) is 59.4 Å². The maximum atomic E-state index is 5.83. The highest BCUT2D eigenvalue weighted by molar-refractivity contribution is 5.82. The molecule has 0 fully saturated rings. The SMILES string of the molecule is CCOc1cc(/C=N/Nc2nc3ccccc3n2C)ccc1OCc1nonc1C. The van der Waals surface area contributed by atoms with E-state index in [0.717, 1.165) is 16.6 Å². The van der Waals surface area contributed by atoms with E-state index >= 15 is 0 Å². The minimum absolute atomic E-state index is 0.247. The Balaban J connectivity index is 1.47. The Morgan fingerprint density at radius 1 is 1.13 bits per heavy atom. The number of hydrogen-bond donors (Lipinski definition) is 1. The summed E-state index contributed by atoms with van der Waals surface area (Å²) in [6.45, 7) is 4.50. The number of nitrogens with zero attached hydrogens (tertiary/aromatic N) is 5. The van der Waals surface area contributed by atoms with Gasteiger partial charge in [-0.1, -0.05) is 22.4 Å². The second-order valence-corrected chi connectivity index (χ2v) is 6.58. The number of benzene rings is 2. The molecular formula is C21H22N6O3. The number of para-hydroxylation sites is 2.